The molecular formula is C21H22F2N4O4S. The summed E-state index contributed by atoms with van der Waals surface area (Å²) in [6, 6.07) is 8.88. The van der Waals surface area contributed by atoms with Crippen LogP contribution in [0.15, 0.2) is 47.0 Å². The predicted octanol–water partition coefficient (Wildman–Crippen LogP) is 3.14. The summed E-state index contributed by atoms with van der Waals surface area (Å²) >= 11 is 0. The van der Waals surface area contributed by atoms with Crippen LogP contribution in [0, 0.1) is 18.6 Å². The second-order valence-corrected chi connectivity index (χ2v) is 9.27. The Bertz CT molecular complexity index is 1250. The van der Waals surface area contributed by atoms with E-state index in [1.807, 2.05) is 31.2 Å². The number of nitrogens with zero attached hydrogens (tertiary/aromatic N) is 4. The molecule has 0 bridgehead atoms. The maximum absolute atomic E-state index is 13.7. The Labute approximate surface area is 184 Å². The Kier molecular flexibility index (Phi) is 6.58. The summed E-state index contributed by atoms with van der Waals surface area (Å²) in [4.78, 5) is 18.4. The van der Waals surface area contributed by atoms with Crippen LogP contribution in [-0.4, -0.2) is 48.7 Å². The summed E-state index contributed by atoms with van der Waals surface area (Å²) in [6.07, 6.45) is 0.879. The molecule has 0 radical (unpaired) electrons. The summed E-state index contributed by atoms with van der Waals surface area (Å²) in [5, 5.41) is 3.92. The van der Waals surface area contributed by atoms with E-state index in [0.29, 0.717) is 5.82 Å². The van der Waals surface area contributed by atoms with E-state index in [1.165, 1.54) is 18.9 Å². The lowest BCUT2D eigenvalue weighted by Gasteiger charge is -2.30. The molecule has 0 saturated heterocycles. The number of sulfonamides is 1. The number of hydrogen-bond acceptors (Lipinski definition) is 6. The Hall–Kier alpha value is -3.34. The molecule has 0 aliphatic heterocycles. The van der Waals surface area contributed by atoms with E-state index in [-0.39, 0.29) is 18.1 Å². The van der Waals surface area contributed by atoms with Crippen molar-refractivity contribution in [2.45, 2.75) is 26.4 Å². The zero-order valence-corrected chi connectivity index (χ0v) is 18.7. The van der Waals surface area contributed by atoms with Gasteiger partial charge in [-0.3, -0.25) is 9.10 Å². The monoisotopic (exact) mass is 464 g/mol. The first-order valence-corrected chi connectivity index (χ1v) is 11.4. The largest absolute Gasteiger partial charge is 0.337 e. The Balaban J connectivity index is 1.80. The summed E-state index contributed by atoms with van der Waals surface area (Å²) in [7, 11) is -2.54. The fraction of sp³-hybridized carbons (Fsp3) is 0.286. The lowest BCUT2D eigenvalue weighted by Crippen LogP contribution is -2.48. The second kappa shape index (κ2) is 9.03. The molecule has 11 heteroatoms. The molecule has 3 aromatic rings. The number of halogens is 2. The van der Waals surface area contributed by atoms with Crippen LogP contribution >= 0.6 is 0 Å². The van der Waals surface area contributed by atoms with Gasteiger partial charge in [-0.15, -0.1) is 0 Å². The van der Waals surface area contributed by atoms with Gasteiger partial charge >= 0.3 is 0 Å². The minimum absolute atomic E-state index is 0.0721. The number of likely N-dealkylation sites (N-methyl/N-ethyl adjacent to an activating group) is 1. The van der Waals surface area contributed by atoms with E-state index < -0.39 is 33.6 Å². The van der Waals surface area contributed by atoms with Crippen LogP contribution in [0.4, 0.5) is 14.5 Å². The molecule has 8 nitrogen and oxygen atoms in total. The van der Waals surface area contributed by atoms with Crippen molar-refractivity contribution in [3.05, 3.63) is 65.6 Å². The molecule has 1 atom stereocenters. The fourth-order valence-electron chi connectivity index (χ4n) is 3.24. The Morgan fingerprint density at radius 1 is 1.16 bits per heavy atom. The van der Waals surface area contributed by atoms with Gasteiger partial charge < -0.3 is 9.42 Å². The number of rotatable bonds is 7. The lowest BCUT2D eigenvalue weighted by atomic mass is 10.1. The van der Waals surface area contributed by atoms with Crippen LogP contribution in [0.2, 0.25) is 0 Å². The van der Waals surface area contributed by atoms with Gasteiger partial charge in [-0.2, -0.15) is 4.98 Å². The molecule has 0 fully saturated rings. The van der Waals surface area contributed by atoms with Crippen molar-refractivity contribution in [2.24, 2.45) is 0 Å². The number of carbonyl (C=O) groups excluding carboxylic acids is 1. The maximum Gasteiger partial charge on any atom is 0.246 e. The summed E-state index contributed by atoms with van der Waals surface area (Å²) < 4.78 is 57.6. The molecule has 0 aliphatic carbocycles. The first-order chi connectivity index (χ1) is 15.0. The molecule has 3 rings (SSSR count). The van der Waals surface area contributed by atoms with Crippen molar-refractivity contribution < 1.29 is 26.5 Å². The first kappa shape index (κ1) is 23.3. The topological polar surface area (TPSA) is 96.6 Å². The quantitative estimate of drug-likeness (QED) is 0.533. The number of benzene rings is 2. The van der Waals surface area contributed by atoms with Gasteiger partial charge in [0.2, 0.25) is 27.6 Å². The van der Waals surface area contributed by atoms with Crippen LogP contribution in [0.1, 0.15) is 18.4 Å². The van der Waals surface area contributed by atoms with Gasteiger partial charge in [0.05, 0.1) is 18.5 Å². The molecule has 1 unspecified atom stereocenters. The fourth-order valence-corrected chi connectivity index (χ4v) is 4.41. The van der Waals surface area contributed by atoms with Gasteiger partial charge in [-0.25, -0.2) is 17.2 Å². The SMILES string of the molecule is Cc1cccc(-c2noc(CN(C)C(=O)C(C)N(c3ccc(F)c(F)c3)S(C)(=O)=O)n2)c1. The van der Waals surface area contributed by atoms with Crippen LogP contribution < -0.4 is 4.31 Å². The molecule has 0 aliphatic rings. The van der Waals surface area contributed by atoms with Gasteiger partial charge in [-0.05, 0) is 32.0 Å². The number of amides is 1. The highest BCUT2D eigenvalue weighted by Crippen LogP contribution is 2.24. The van der Waals surface area contributed by atoms with Gasteiger partial charge in [-0.1, -0.05) is 28.9 Å². The van der Waals surface area contributed by atoms with Crippen LogP contribution in [0.3, 0.4) is 0 Å². The molecule has 170 valence electrons. The van der Waals surface area contributed by atoms with Crippen molar-refractivity contribution in [3.63, 3.8) is 0 Å². The minimum atomic E-state index is -3.99. The number of carbonyl (C=O) groups is 1. The average Bonchev–Trinajstić information content (AvgIpc) is 3.17. The minimum Gasteiger partial charge on any atom is -0.337 e. The molecule has 2 aromatic carbocycles. The number of aryl methyl sites for hydroxylation is 1. The summed E-state index contributed by atoms with van der Waals surface area (Å²) in [5.41, 5.74) is 1.61. The first-order valence-electron chi connectivity index (χ1n) is 9.56. The predicted molar refractivity (Wildman–Crippen MR) is 114 cm³/mol. The van der Waals surface area contributed by atoms with Crippen molar-refractivity contribution in [3.8, 4) is 11.4 Å². The van der Waals surface area contributed by atoms with Crippen LogP contribution in [0.25, 0.3) is 11.4 Å². The molecule has 32 heavy (non-hydrogen) atoms. The normalized spacial score (nSPS) is 12.4. The van der Waals surface area contributed by atoms with E-state index in [2.05, 4.69) is 10.1 Å². The number of aromatic nitrogens is 2. The van der Waals surface area contributed by atoms with E-state index in [4.69, 9.17) is 4.52 Å². The third kappa shape index (κ3) is 5.10. The highest BCUT2D eigenvalue weighted by molar-refractivity contribution is 7.92. The number of anilines is 1. The molecule has 1 heterocycles. The zero-order valence-electron chi connectivity index (χ0n) is 17.9. The molecular weight excluding hydrogens is 442 g/mol. The summed E-state index contributed by atoms with van der Waals surface area (Å²) in [6.45, 7) is 3.21. The van der Waals surface area contributed by atoms with E-state index in [1.54, 1.807) is 0 Å². The van der Waals surface area contributed by atoms with Gasteiger partial charge in [0.25, 0.3) is 0 Å². The third-order valence-electron chi connectivity index (χ3n) is 4.72. The van der Waals surface area contributed by atoms with E-state index >= 15 is 0 Å². The molecule has 1 amide bonds. The van der Waals surface area contributed by atoms with Crippen LogP contribution in [0.5, 0.6) is 0 Å². The van der Waals surface area contributed by atoms with Crippen molar-refractivity contribution >= 4 is 21.6 Å². The van der Waals surface area contributed by atoms with Gasteiger partial charge in [0.1, 0.15) is 6.04 Å². The summed E-state index contributed by atoms with van der Waals surface area (Å²) in [5.74, 6) is -2.44. The standard InChI is InChI=1S/C21H22F2N4O4S/c1-13-6-5-7-15(10-13)20-24-19(31-25-20)12-26(3)21(28)14(2)27(32(4,29)30)16-8-9-17(22)18(23)11-16/h5-11,14H,12H2,1-4H3. The zero-order chi connectivity index (χ0) is 23.6. The smallest absolute Gasteiger partial charge is 0.246 e. The van der Waals surface area contributed by atoms with Gasteiger partial charge in [0.15, 0.2) is 11.6 Å². The molecule has 1 aromatic heterocycles. The van der Waals surface area contributed by atoms with E-state index in [9.17, 15) is 22.0 Å². The molecule has 0 saturated carbocycles. The van der Waals surface area contributed by atoms with E-state index in [0.717, 1.165) is 39.9 Å². The van der Waals surface area contributed by atoms with Crippen molar-refractivity contribution in [1.82, 2.24) is 15.0 Å². The average molecular weight is 464 g/mol. The maximum atomic E-state index is 13.7. The Morgan fingerprint density at radius 2 is 1.88 bits per heavy atom. The highest BCUT2D eigenvalue weighted by atomic mass is 32.2. The molecule has 0 spiro atoms. The van der Waals surface area contributed by atoms with Crippen molar-refractivity contribution in [2.75, 3.05) is 17.6 Å². The third-order valence-corrected chi connectivity index (χ3v) is 5.96. The highest BCUT2D eigenvalue weighted by Gasteiger charge is 2.32. The Morgan fingerprint density at radius 3 is 2.50 bits per heavy atom. The van der Waals surface area contributed by atoms with Crippen molar-refractivity contribution in [1.29, 1.82) is 0 Å². The molecule has 0 N–H and O–H groups in total. The van der Waals surface area contributed by atoms with Crippen LogP contribution in [-0.2, 0) is 21.4 Å². The second-order valence-electron chi connectivity index (χ2n) is 7.41. The van der Waals surface area contributed by atoms with Gasteiger partial charge in [0, 0.05) is 18.7 Å². The number of hydrogen-bond donors (Lipinski definition) is 0. The lowest BCUT2D eigenvalue weighted by molar-refractivity contribution is -0.131.